The lowest BCUT2D eigenvalue weighted by molar-refractivity contribution is -0.111. The Morgan fingerprint density at radius 3 is 2.84 bits per heavy atom. The Morgan fingerprint density at radius 1 is 1.28 bits per heavy atom. The molecule has 0 aliphatic heterocycles. The number of rotatable bonds is 4. The zero-order valence-electron chi connectivity index (χ0n) is 13.5. The van der Waals surface area contributed by atoms with Crippen LogP contribution in [0.15, 0.2) is 36.4 Å². The summed E-state index contributed by atoms with van der Waals surface area (Å²) in [5.41, 5.74) is 2.63. The molecule has 0 radical (unpaired) electrons. The Morgan fingerprint density at radius 2 is 2.08 bits per heavy atom. The molecule has 128 valence electrons. The van der Waals surface area contributed by atoms with Crippen molar-refractivity contribution in [2.75, 3.05) is 12.4 Å². The normalized spacial score (nSPS) is 11.2. The number of benzene rings is 2. The van der Waals surface area contributed by atoms with Crippen molar-refractivity contribution in [3.8, 4) is 5.75 Å². The molecule has 1 aromatic heterocycles. The van der Waals surface area contributed by atoms with Gasteiger partial charge >= 0.3 is 0 Å². The number of carbonyl (C=O) groups is 1. The van der Waals surface area contributed by atoms with Gasteiger partial charge in [-0.15, -0.1) is 0 Å². The predicted molar refractivity (Wildman–Crippen MR) is 105 cm³/mol. The van der Waals surface area contributed by atoms with Crippen LogP contribution in [0, 0.1) is 6.92 Å². The highest BCUT2D eigenvalue weighted by atomic mass is 35.5. The van der Waals surface area contributed by atoms with Crippen molar-refractivity contribution in [1.82, 2.24) is 4.98 Å². The van der Waals surface area contributed by atoms with Crippen LogP contribution in [0.2, 0.25) is 10.0 Å². The molecule has 0 aliphatic rings. The standard InChI is InChI=1S/C18H14Cl2N2O2S/c1-10-3-5-14-15(7-10)25-18(21-14)22-16(23)6-4-11-8-12(19)9-13(20)17(11)24-2/h3-9H,1-2H3,(H,21,22,23). The van der Waals surface area contributed by atoms with E-state index in [1.165, 1.54) is 24.5 Å². The minimum absolute atomic E-state index is 0.297. The fourth-order valence-electron chi connectivity index (χ4n) is 2.32. The number of nitrogens with zero attached hydrogens (tertiary/aromatic N) is 1. The topological polar surface area (TPSA) is 51.2 Å². The van der Waals surface area contributed by atoms with E-state index in [1.54, 1.807) is 18.2 Å². The molecule has 0 aliphatic carbocycles. The summed E-state index contributed by atoms with van der Waals surface area (Å²) in [5, 5.41) is 4.16. The fourth-order valence-corrected chi connectivity index (χ4v) is 3.87. The molecule has 2 aromatic carbocycles. The summed E-state index contributed by atoms with van der Waals surface area (Å²) in [6.45, 7) is 2.02. The maximum absolute atomic E-state index is 12.2. The molecule has 3 aromatic rings. The van der Waals surface area contributed by atoms with Gasteiger partial charge < -0.3 is 4.74 Å². The van der Waals surface area contributed by atoms with Crippen LogP contribution in [0.1, 0.15) is 11.1 Å². The molecule has 7 heteroatoms. The molecule has 0 fully saturated rings. The van der Waals surface area contributed by atoms with E-state index in [0.29, 0.717) is 26.5 Å². The number of thiazole rings is 1. The first kappa shape index (κ1) is 17.7. The Labute approximate surface area is 159 Å². The van der Waals surface area contributed by atoms with Gasteiger partial charge in [0.2, 0.25) is 5.91 Å². The number of nitrogens with one attached hydrogen (secondary N) is 1. The lowest BCUT2D eigenvalue weighted by atomic mass is 10.2. The molecule has 0 spiro atoms. The number of methoxy groups -OCH3 is 1. The van der Waals surface area contributed by atoms with Gasteiger partial charge in [-0.2, -0.15) is 0 Å². The van der Waals surface area contributed by atoms with Crippen LogP contribution in [-0.2, 0) is 4.79 Å². The van der Waals surface area contributed by atoms with E-state index in [-0.39, 0.29) is 5.91 Å². The smallest absolute Gasteiger partial charge is 0.250 e. The number of carbonyl (C=O) groups excluding carboxylic acids is 1. The second-order valence-electron chi connectivity index (χ2n) is 5.32. The maximum Gasteiger partial charge on any atom is 0.250 e. The lowest BCUT2D eigenvalue weighted by Gasteiger charge is -2.07. The van der Waals surface area contributed by atoms with E-state index >= 15 is 0 Å². The molecule has 0 unspecified atom stereocenters. The largest absolute Gasteiger partial charge is 0.495 e. The number of hydrogen-bond donors (Lipinski definition) is 1. The highest BCUT2D eigenvalue weighted by Crippen LogP contribution is 2.33. The third kappa shape index (κ3) is 4.12. The van der Waals surface area contributed by atoms with Gasteiger partial charge in [0, 0.05) is 16.7 Å². The van der Waals surface area contributed by atoms with Gasteiger partial charge in [0.15, 0.2) is 5.13 Å². The Bertz CT molecular complexity index is 983. The van der Waals surface area contributed by atoms with E-state index in [0.717, 1.165) is 15.8 Å². The molecule has 1 N–H and O–H groups in total. The molecule has 0 bridgehead atoms. The summed E-state index contributed by atoms with van der Waals surface area (Å²) in [7, 11) is 1.51. The number of amides is 1. The summed E-state index contributed by atoms with van der Waals surface area (Å²) in [6.07, 6.45) is 2.99. The number of hydrogen-bond acceptors (Lipinski definition) is 4. The summed E-state index contributed by atoms with van der Waals surface area (Å²) >= 11 is 13.5. The van der Waals surface area contributed by atoms with Gasteiger partial charge in [-0.3, -0.25) is 10.1 Å². The van der Waals surface area contributed by atoms with Crippen LogP contribution in [0.5, 0.6) is 5.75 Å². The van der Waals surface area contributed by atoms with Crippen molar-refractivity contribution in [2.24, 2.45) is 0 Å². The highest BCUT2D eigenvalue weighted by Gasteiger charge is 2.09. The Kier molecular flexibility index (Phi) is 5.27. The van der Waals surface area contributed by atoms with Crippen molar-refractivity contribution < 1.29 is 9.53 Å². The van der Waals surface area contributed by atoms with Crippen LogP contribution in [0.25, 0.3) is 16.3 Å². The molecule has 25 heavy (non-hydrogen) atoms. The number of halogens is 2. The van der Waals surface area contributed by atoms with Gasteiger partial charge in [0.25, 0.3) is 0 Å². The Hall–Kier alpha value is -2.08. The zero-order valence-corrected chi connectivity index (χ0v) is 15.8. The summed E-state index contributed by atoms with van der Waals surface area (Å²) in [6, 6.07) is 9.23. The predicted octanol–water partition coefficient (Wildman–Crippen LogP) is 5.57. The Balaban J connectivity index is 1.78. The van der Waals surface area contributed by atoms with E-state index in [9.17, 15) is 4.79 Å². The summed E-state index contributed by atoms with van der Waals surface area (Å²) < 4.78 is 6.28. The van der Waals surface area contributed by atoms with Crippen LogP contribution in [-0.4, -0.2) is 18.0 Å². The molecule has 0 saturated carbocycles. The van der Waals surface area contributed by atoms with Crippen molar-refractivity contribution in [3.05, 3.63) is 57.6 Å². The second kappa shape index (κ2) is 7.44. The average Bonchev–Trinajstić information content (AvgIpc) is 2.93. The van der Waals surface area contributed by atoms with Crippen molar-refractivity contribution in [1.29, 1.82) is 0 Å². The van der Waals surface area contributed by atoms with Gasteiger partial charge in [-0.25, -0.2) is 4.98 Å². The van der Waals surface area contributed by atoms with Crippen LogP contribution in [0.3, 0.4) is 0 Å². The maximum atomic E-state index is 12.2. The molecular weight excluding hydrogens is 379 g/mol. The van der Waals surface area contributed by atoms with E-state index < -0.39 is 0 Å². The number of anilines is 1. The first-order valence-electron chi connectivity index (χ1n) is 7.35. The lowest BCUT2D eigenvalue weighted by Crippen LogP contribution is -2.07. The van der Waals surface area contributed by atoms with Gasteiger partial charge in [-0.1, -0.05) is 40.6 Å². The fraction of sp³-hybridized carbons (Fsp3) is 0.111. The number of aryl methyl sites for hydroxylation is 1. The zero-order chi connectivity index (χ0) is 18.0. The quantitative estimate of drug-likeness (QED) is 0.590. The van der Waals surface area contributed by atoms with Crippen molar-refractivity contribution in [3.63, 3.8) is 0 Å². The van der Waals surface area contributed by atoms with E-state index in [2.05, 4.69) is 10.3 Å². The number of aromatic nitrogens is 1. The molecule has 1 heterocycles. The molecule has 1 amide bonds. The number of fused-ring (bicyclic) bond motifs is 1. The van der Waals surface area contributed by atoms with Crippen molar-refractivity contribution in [2.45, 2.75) is 6.92 Å². The van der Waals surface area contributed by atoms with Gasteiger partial charge in [0.1, 0.15) is 5.75 Å². The highest BCUT2D eigenvalue weighted by molar-refractivity contribution is 7.22. The third-order valence-corrected chi connectivity index (χ3v) is 4.86. The minimum Gasteiger partial charge on any atom is -0.495 e. The summed E-state index contributed by atoms with van der Waals surface area (Å²) in [4.78, 5) is 16.6. The number of ether oxygens (including phenoxy) is 1. The summed E-state index contributed by atoms with van der Waals surface area (Å²) in [5.74, 6) is 0.166. The monoisotopic (exact) mass is 392 g/mol. The van der Waals surface area contributed by atoms with Crippen LogP contribution in [0.4, 0.5) is 5.13 Å². The van der Waals surface area contributed by atoms with Gasteiger partial charge in [-0.05, 0) is 42.8 Å². The minimum atomic E-state index is -0.297. The second-order valence-corrected chi connectivity index (χ2v) is 7.20. The van der Waals surface area contributed by atoms with E-state index in [4.69, 9.17) is 27.9 Å². The van der Waals surface area contributed by atoms with E-state index in [1.807, 2.05) is 25.1 Å². The molecule has 3 rings (SSSR count). The third-order valence-electron chi connectivity index (χ3n) is 3.43. The van der Waals surface area contributed by atoms with Gasteiger partial charge in [0.05, 0.1) is 22.3 Å². The van der Waals surface area contributed by atoms with Crippen LogP contribution >= 0.6 is 34.5 Å². The molecular formula is C18H14Cl2N2O2S. The average molecular weight is 393 g/mol. The first-order valence-corrected chi connectivity index (χ1v) is 8.93. The van der Waals surface area contributed by atoms with Crippen molar-refractivity contribution >= 4 is 61.9 Å². The molecule has 0 atom stereocenters. The molecule has 4 nitrogen and oxygen atoms in total. The molecule has 0 saturated heterocycles. The SMILES string of the molecule is COc1c(Cl)cc(Cl)cc1C=CC(=O)Nc1nc2ccc(C)cc2s1. The first-order chi connectivity index (χ1) is 12.0. The van der Waals surface area contributed by atoms with Crippen LogP contribution < -0.4 is 10.1 Å².